The number of imide groups is 1. The van der Waals surface area contributed by atoms with E-state index in [-0.39, 0.29) is 12.5 Å². The van der Waals surface area contributed by atoms with E-state index in [0.29, 0.717) is 12.1 Å². The van der Waals surface area contributed by atoms with E-state index in [0.717, 1.165) is 26.0 Å². The van der Waals surface area contributed by atoms with Crippen LogP contribution in [0.2, 0.25) is 0 Å². The maximum Gasteiger partial charge on any atom is 0.325 e. The molecule has 26 heavy (non-hydrogen) atoms. The number of fused-ring (bicyclic) bond motifs is 2. The molecular weight excluding hydrogens is 445 g/mol. The molecule has 0 saturated carbocycles. The summed E-state index contributed by atoms with van der Waals surface area (Å²) in [5.41, 5.74) is 1.49. The van der Waals surface area contributed by atoms with Gasteiger partial charge in [-0.05, 0) is 70.8 Å². The fourth-order valence-corrected chi connectivity index (χ4v) is 3.97. The normalized spacial score (nSPS) is 21.0. The third kappa shape index (κ3) is 2.76. The van der Waals surface area contributed by atoms with Gasteiger partial charge in [0, 0.05) is 9.26 Å². The molecule has 1 saturated heterocycles. The fourth-order valence-electron chi connectivity index (χ4n) is 3.61. The molecule has 1 fully saturated rings. The SMILES string of the molecule is O=C(CN1C(=O)N[C@@]2(CCc3ccccc32)C1=O)Nc1ccc(I)cc1. The van der Waals surface area contributed by atoms with Crippen molar-refractivity contribution in [1.82, 2.24) is 10.2 Å². The van der Waals surface area contributed by atoms with E-state index in [4.69, 9.17) is 0 Å². The Morgan fingerprint density at radius 2 is 1.88 bits per heavy atom. The Hall–Kier alpha value is -2.42. The summed E-state index contributed by atoms with van der Waals surface area (Å²) in [6.07, 6.45) is 1.25. The van der Waals surface area contributed by atoms with Gasteiger partial charge in [0.1, 0.15) is 12.1 Å². The first-order valence-corrected chi connectivity index (χ1v) is 9.35. The number of aryl methyl sites for hydroxylation is 1. The Labute approximate surface area is 164 Å². The van der Waals surface area contributed by atoms with Gasteiger partial charge in [-0.25, -0.2) is 4.79 Å². The fraction of sp³-hybridized carbons (Fsp3) is 0.211. The van der Waals surface area contributed by atoms with Crippen LogP contribution in [0.25, 0.3) is 0 Å². The number of anilines is 1. The van der Waals surface area contributed by atoms with Crippen LogP contribution in [-0.2, 0) is 21.5 Å². The molecule has 132 valence electrons. The lowest BCUT2D eigenvalue weighted by Crippen LogP contribution is -2.42. The molecule has 1 aliphatic carbocycles. The molecule has 2 aromatic carbocycles. The van der Waals surface area contributed by atoms with Gasteiger partial charge in [0.2, 0.25) is 5.91 Å². The molecule has 0 radical (unpaired) electrons. The van der Waals surface area contributed by atoms with Crippen molar-refractivity contribution in [3.63, 3.8) is 0 Å². The third-order valence-corrected chi connectivity index (χ3v) is 5.57. The highest BCUT2D eigenvalue weighted by Gasteiger charge is 2.55. The maximum atomic E-state index is 13.0. The van der Waals surface area contributed by atoms with Crippen molar-refractivity contribution in [2.24, 2.45) is 0 Å². The Morgan fingerprint density at radius 1 is 1.15 bits per heavy atom. The highest BCUT2D eigenvalue weighted by atomic mass is 127. The number of carbonyl (C=O) groups excluding carboxylic acids is 3. The average Bonchev–Trinajstić information content (AvgIpc) is 3.11. The molecule has 1 spiro atoms. The lowest BCUT2D eigenvalue weighted by Gasteiger charge is -2.22. The molecule has 4 amide bonds. The summed E-state index contributed by atoms with van der Waals surface area (Å²) >= 11 is 2.18. The molecule has 4 rings (SSSR count). The highest BCUT2D eigenvalue weighted by molar-refractivity contribution is 14.1. The first-order valence-electron chi connectivity index (χ1n) is 8.27. The molecular formula is C19H16IN3O3. The van der Waals surface area contributed by atoms with Crippen LogP contribution < -0.4 is 10.6 Å². The number of nitrogens with zero attached hydrogens (tertiary/aromatic N) is 1. The minimum atomic E-state index is -1.03. The molecule has 0 aromatic heterocycles. The number of amides is 4. The summed E-state index contributed by atoms with van der Waals surface area (Å²) in [7, 11) is 0. The molecule has 2 aromatic rings. The average molecular weight is 461 g/mol. The van der Waals surface area contributed by atoms with E-state index in [1.807, 2.05) is 36.4 Å². The number of hydrogen-bond acceptors (Lipinski definition) is 3. The second kappa shape index (κ2) is 6.39. The number of carbonyl (C=O) groups is 3. The van der Waals surface area contributed by atoms with Crippen LogP contribution in [0.4, 0.5) is 10.5 Å². The summed E-state index contributed by atoms with van der Waals surface area (Å²) in [5, 5.41) is 5.54. The third-order valence-electron chi connectivity index (χ3n) is 4.85. The molecule has 1 atom stereocenters. The molecule has 0 bridgehead atoms. The van der Waals surface area contributed by atoms with Crippen molar-refractivity contribution in [2.45, 2.75) is 18.4 Å². The number of urea groups is 1. The predicted octanol–water partition coefficient (Wildman–Crippen LogP) is 2.62. The van der Waals surface area contributed by atoms with E-state index in [2.05, 4.69) is 33.2 Å². The zero-order chi connectivity index (χ0) is 18.3. The number of nitrogens with one attached hydrogen (secondary N) is 2. The zero-order valence-corrected chi connectivity index (χ0v) is 15.9. The van der Waals surface area contributed by atoms with Gasteiger partial charge >= 0.3 is 6.03 Å². The van der Waals surface area contributed by atoms with Gasteiger partial charge in [0.15, 0.2) is 0 Å². The van der Waals surface area contributed by atoms with Crippen molar-refractivity contribution >= 4 is 46.1 Å². The smallest absolute Gasteiger partial charge is 0.325 e. The van der Waals surface area contributed by atoms with E-state index in [1.165, 1.54) is 0 Å². The largest absolute Gasteiger partial charge is 0.325 e. The van der Waals surface area contributed by atoms with Gasteiger partial charge in [0.05, 0.1) is 0 Å². The summed E-state index contributed by atoms with van der Waals surface area (Å²) < 4.78 is 1.05. The van der Waals surface area contributed by atoms with Crippen LogP contribution in [0.15, 0.2) is 48.5 Å². The number of hydrogen-bond donors (Lipinski definition) is 2. The van der Waals surface area contributed by atoms with Gasteiger partial charge in [0.25, 0.3) is 5.91 Å². The van der Waals surface area contributed by atoms with Crippen molar-refractivity contribution in [3.05, 3.63) is 63.2 Å². The van der Waals surface area contributed by atoms with Crippen LogP contribution in [0, 0.1) is 3.57 Å². The first kappa shape index (κ1) is 17.0. The number of benzene rings is 2. The van der Waals surface area contributed by atoms with E-state index < -0.39 is 17.5 Å². The number of halogens is 1. The Bertz CT molecular complexity index is 913. The zero-order valence-electron chi connectivity index (χ0n) is 13.8. The Balaban J connectivity index is 1.52. The number of rotatable bonds is 3. The van der Waals surface area contributed by atoms with Crippen molar-refractivity contribution in [1.29, 1.82) is 0 Å². The van der Waals surface area contributed by atoms with E-state index >= 15 is 0 Å². The molecule has 6 nitrogen and oxygen atoms in total. The van der Waals surface area contributed by atoms with Crippen LogP contribution in [0.5, 0.6) is 0 Å². The standard InChI is InChI=1S/C19H16IN3O3/c20-13-5-7-14(8-6-13)21-16(24)11-23-17(25)19(22-18(23)26)10-9-12-3-1-2-4-15(12)19/h1-8H,9-11H2,(H,21,24)(H,22,26)/t19-/m1/s1. The minimum absolute atomic E-state index is 0.305. The van der Waals surface area contributed by atoms with E-state index in [1.54, 1.807) is 12.1 Å². The van der Waals surface area contributed by atoms with Crippen LogP contribution in [0.1, 0.15) is 17.5 Å². The van der Waals surface area contributed by atoms with E-state index in [9.17, 15) is 14.4 Å². The second-order valence-corrected chi connectivity index (χ2v) is 7.68. The summed E-state index contributed by atoms with van der Waals surface area (Å²) in [4.78, 5) is 38.7. The van der Waals surface area contributed by atoms with Gasteiger partial charge in [-0.15, -0.1) is 0 Å². The summed E-state index contributed by atoms with van der Waals surface area (Å²) in [6.45, 7) is -0.305. The van der Waals surface area contributed by atoms with Crippen LogP contribution in [0.3, 0.4) is 0 Å². The molecule has 1 aliphatic heterocycles. The molecule has 1 heterocycles. The predicted molar refractivity (Wildman–Crippen MR) is 104 cm³/mol. The summed E-state index contributed by atoms with van der Waals surface area (Å²) in [6, 6.07) is 14.4. The maximum absolute atomic E-state index is 13.0. The van der Waals surface area contributed by atoms with Crippen molar-refractivity contribution < 1.29 is 14.4 Å². The van der Waals surface area contributed by atoms with Crippen molar-refractivity contribution in [2.75, 3.05) is 11.9 Å². The monoisotopic (exact) mass is 461 g/mol. The van der Waals surface area contributed by atoms with Crippen LogP contribution >= 0.6 is 22.6 Å². The first-order chi connectivity index (χ1) is 12.5. The Kier molecular flexibility index (Phi) is 4.18. The second-order valence-electron chi connectivity index (χ2n) is 6.44. The highest BCUT2D eigenvalue weighted by Crippen LogP contribution is 2.41. The van der Waals surface area contributed by atoms with Crippen LogP contribution in [-0.4, -0.2) is 29.3 Å². The summed E-state index contributed by atoms with van der Waals surface area (Å²) in [5.74, 6) is -0.761. The van der Waals surface area contributed by atoms with Gasteiger partial charge in [-0.1, -0.05) is 24.3 Å². The quantitative estimate of drug-likeness (QED) is 0.545. The van der Waals surface area contributed by atoms with Gasteiger partial charge in [-0.2, -0.15) is 0 Å². The molecule has 2 N–H and O–H groups in total. The molecule has 0 unspecified atom stereocenters. The minimum Gasteiger partial charge on any atom is -0.325 e. The van der Waals surface area contributed by atoms with Gasteiger partial charge < -0.3 is 10.6 Å². The molecule has 2 aliphatic rings. The lowest BCUT2D eigenvalue weighted by atomic mass is 9.92. The molecule has 7 heteroatoms. The Morgan fingerprint density at radius 3 is 2.65 bits per heavy atom. The lowest BCUT2D eigenvalue weighted by molar-refractivity contribution is -0.134. The van der Waals surface area contributed by atoms with Gasteiger partial charge in [-0.3, -0.25) is 14.5 Å². The topological polar surface area (TPSA) is 78.5 Å². The van der Waals surface area contributed by atoms with Crippen molar-refractivity contribution in [3.8, 4) is 0 Å².